The highest BCUT2D eigenvalue weighted by Gasteiger charge is 2.24. The molecule has 2 saturated carbocycles. The molecule has 2 aromatic rings. The number of unbranched alkanes of at least 4 members (excludes halogenated alkanes) is 4. The maximum absolute atomic E-state index is 12.8. The van der Waals surface area contributed by atoms with Crippen LogP contribution >= 0.6 is 0 Å². The zero-order valence-electron chi connectivity index (χ0n) is 28.7. The van der Waals surface area contributed by atoms with Crippen LogP contribution < -0.4 is 0 Å². The summed E-state index contributed by atoms with van der Waals surface area (Å²) in [6.07, 6.45) is 20.8. The van der Waals surface area contributed by atoms with Crippen LogP contribution in [0.3, 0.4) is 0 Å². The summed E-state index contributed by atoms with van der Waals surface area (Å²) in [6, 6.07) is 16.1. The first-order chi connectivity index (χ1) is 21.9. The van der Waals surface area contributed by atoms with Gasteiger partial charge in [0.2, 0.25) is 0 Å². The summed E-state index contributed by atoms with van der Waals surface area (Å²) in [4.78, 5) is 25.7. The Bertz CT molecular complexity index is 1050. The van der Waals surface area contributed by atoms with E-state index in [4.69, 9.17) is 9.47 Å². The molecule has 0 N–H and O–H groups in total. The molecule has 0 aromatic heterocycles. The predicted octanol–water partition coefficient (Wildman–Crippen LogP) is 11.6. The fourth-order valence-corrected chi connectivity index (χ4v) is 7.78. The largest absolute Gasteiger partial charge is 0.459 e. The highest BCUT2D eigenvalue weighted by atomic mass is 16.6. The van der Waals surface area contributed by atoms with E-state index in [2.05, 4.69) is 38.1 Å². The van der Waals surface area contributed by atoms with E-state index in [-0.39, 0.29) is 24.1 Å². The summed E-state index contributed by atoms with van der Waals surface area (Å²) in [7, 11) is 0. The van der Waals surface area contributed by atoms with Gasteiger partial charge in [-0.25, -0.2) is 9.59 Å². The fourth-order valence-electron chi connectivity index (χ4n) is 7.78. The van der Waals surface area contributed by atoms with Crippen molar-refractivity contribution in [1.82, 2.24) is 0 Å². The smallest absolute Gasteiger partial charge is 0.338 e. The van der Waals surface area contributed by atoms with E-state index < -0.39 is 0 Å². The van der Waals surface area contributed by atoms with Gasteiger partial charge >= 0.3 is 11.9 Å². The van der Waals surface area contributed by atoms with Crippen molar-refractivity contribution < 1.29 is 19.1 Å². The Morgan fingerprint density at radius 2 is 0.933 bits per heavy atom. The molecule has 4 nitrogen and oxygen atoms in total. The fraction of sp³-hybridized carbons (Fsp3) is 0.659. The van der Waals surface area contributed by atoms with E-state index in [9.17, 15) is 9.59 Å². The maximum Gasteiger partial charge on any atom is 0.338 e. The summed E-state index contributed by atoms with van der Waals surface area (Å²) in [5.41, 5.74) is 3.83. The highest BCUT2D eigenvalue weighted by Crippen LogP contribution is 2.39. The molecule has 2 fully saturated rings. The second-order valence-electron chi connectivity index (χ2n) is 14.3. The second kappa shape index (κ2) is 18.5. The van der Waals surface area contributed by atoms with Gasteiger partial charge in [-0.3, -0.25) is 0 Å². The average molecular weight is 617 g/mol. The van der Waals surface area contributed by atoms with Crippen LogP contribution in [0.1, 0.15) is 181 Å². The standard InChI is InChI=1S/C41H60O4/c1-5-7-9-11-32-13-17-34(18-14-32)36-21-25-38(26-22-36)40(42)44-30(3)29-31(4)45-41(43)39-27-23-37(24-28-39)35-19-15-33(16-20-35)12-10-8-6-2/h21-28,30-35H,5-20,29H2,1-4H3/t30-,31-,32?,33?,34?,35?/m1/s1. The van der Waals surface area contributed by atoms with Crippen LogP contribution in [0, 0.1) is 11.8 Å². The first-order valence-corrected chi connectivity index (χ1v) is 18.5. The number of rotatable bonds is 16. The number of carbonyl (C=O) groups is 2. The molecule has 0 bridgehead atoms. The van der Waals surface area contributed by atoms with Gasteiger partial charge in [-0.15, -0.1) is 0 Å². The normalized spacial score (nSPS) is 23.2. The molecule has 0 spiro atoms. The Hall–Kier alpha value is -2.62. The molecule has 0 aliphatic heterocycles. The SMILES string of the molecule is CCCCCC1CCC(c2ccc(C(=O)O[C@H](C)C[C@@H](C)OC(=O)c3ccc(C4CCC(CCCCC)CC4)cc3)cc2)CC1. The number of esters is 2. The van der Waals surface area contributed by atoms with Gasteiger partial charge in [-0.05, 0) is 124 Å². The predicted molar refractivity (Wildman–Crippen MR) is 185 cm³/mol. The van der Waals surface area contributed by atoms with Crippen molar-refractivity contribution in [3.05, 3.63) is 70.8 Å². The van der Waals surface area contributed by atoms with Crippen molar-refractivity contribution in [3.63, 3.8) is 0 Å². The molecule has 4 rings (SSSR count). The Labute approximate surface area is 274 Å². The molecular formula is C41H60O4. The number of benzene rings is 2. The van der Waals surface area contributed by atoms with Crippen molar-refractivity contribution in [2.24, 2.45) is 11.8 Å². The lowest BCUT2D eigenvalue weighted by atomic mass is 9.77. The van der Waals surface area contributed by atoms with Crippen molar-refractivity contribution in [1.29, 1.82) is 0 Å². The van der Waals surface area contributed by atoms with E-state index in [0.29, 0.717) is 29.4 Å². The third-order valence-electron chi connectivity index (χ3n) is 10.6. The van der Waals surface area contributed by atoms with Gasteiger partial charge in [0, 0.05) is 6.42 Å². The summed E-state index contributed by atoms with van der Waals surface area (Å²) in [5, 5.41) is 0. The molecule has 2 aromatic carbocycles. The lowest BCUT2D eigenvalue weighted by Crippen LogP contribution is -2.23. The number of carbonyl (C=O) groups excluding carboxylic acids is 2. The van der Waals surface area contributed by atoms with E-state index in [1.165, 1.54) is 114 Å². The summed E-state index contributed by atoms with van der Waals surface area (Å²) in [5.74, 6) is 2.35. The molecule has 248 valence electrons. The molecule has 0 saturated heterocycles. The molecule has 0 unspecified atom stereocenters. The van der Waals surface area contributed by atoms with E-state index >= 15 is 0 Å². The highest BCUT2D eigenvalue weighted by molar-refractivity contribution is 5.90. The zero-order valence-corrected chi connectivity index (χ0v) is 28.7. The van der Waals surface area contributed by atoms with Crippen molar-refractivity contribution in [2.45, 2.75) is 161 Å². The molecule has 2 aliphatic carbocycles. The van der Waals surface area contributed by atoms with Gasteiger partial charge < -0.3 is 9.47 Å². The van der Waals surface area contributed by atoms with Crippen molar-refractivity contribution >= 4 is 11.9 Å². The van der Waals surface area contributed by atoms with Crippen LogP contribution in [0.4, 0.5) is 0 Å². The maximum atomic E-state index is 12.8. The van der Waals surface area contributed by atoms with Gasteiger partial charge in [-0.2, -0.15) is 0 Å². The minimum atomic E-state index is -0.359. The number of ether oxygens (including phenoxy) is 2. The molecule has 0 radical (unpaired) electrons. The van der Waals surface area contributed by atoms with Crippen LogP contribution in [0.15, 0.2) is 48.5 Å². The number of hydrogen-bond donors (Lipinski definition) is 0. The minimum Gasteiger partial charge on any atom is -0.459 e. The summed E-state index contributed by atoms with van der Waals surface area (Å²) >= 11 is 0. The van der Waals surface area contributed by atoms with Gasteiger partial charge in [0.15, 0.2) is 0 Å². The lowest BCUT2D eigenvalue weighted by molar-refractivity contribution is 0.00763. The van der Waals surface area contributed by atoms with Crippen LogP contribution in [-0.2, 0) is 9.47 Å². The second-order valence-corrected chi connectivity index (χ2v) is 14.3. The minimum absolute atomic E-state index is 0.321. The van der Waals surface area contributed by atoms with Crippen molar-refractivity contribution in [2.75, 3.05) is 0 Å². The van der Waals surface area contributed by atoms with E-state index in [1.54, 1.807) is 0 Å². The Morgan fingerprint density at radius 3 is 1.27 bits per heavy atom. The van der Waals surface area contributed by atoms with Crippen LogP contribution in [0.25, 0.3) is 0 Å². The number of hydrogen-bond acceptors (Lipinski definition) is 4. The monoisotopic (exact) mass is 616 g/mol. The van der Waals surface area contributed by atoms with Crippen LogP contribution in [0.2, 0.25) is 0 Å². The Balaban J connectivity index is 1.16. The molecule has 2 atom stereocenters. The third kappa shape index (κ3) is 11.3. The molecule has 4 heteroatoms. The average Bonchev–Trinajstić information content (AvgIpc) is 3.05. The van der Waals surface area contributed by atoms with Gasteiger partial charge in [0.1, 0.15) is 12.2 Å². The molecule has 0 heterocycles. The molecular weight excluding hydrogens is 556 g/mol. The van der Waals surface area contributed by atoms with E-state index in [0.717, 1.165) is 11.8 Å². The van der Waals surface area contributed by atoms with Gasteiger partial charge in [0.25, 0.3) is 0 Å². The molecule has 0 amide bonds. The lowest BCUT2D eigenvalue weighted by Gasteiger charge is -2.29. The Kier molecular flexibility index (Phi) is 14.5. The third-order valence-corrected chi connectivity index (χ3v) is 10.6. The molecule has 45 heavy (non-hydrogen) atoms. The first kappa shape index (κ1) is 35.2. The summed E-state index contributed by atoms with van der Waals surface area (Å²) in [6.45, 7) is 8.27. The van der Waals surface area contributed by atoms with Crippen LogP contribution in [0.5, 0.6) is 0 Å². The zero-order chi connectivity index (χ0) is 32.0. The first-order valence-electron chi connectivity index (χ1n) is 18.5. The van der Waals surface area contributed by atoms with Crippen LogP contribution in [-0.4, -0.2) is 24.1 Å². The summed E-state index contributed by atoms with van der Waals surface area (Å²) < 4.78 is 11.5. The molecule has 2 aliphatic rings. The van der Waals surface area contributed by atoms with Gasteiger partial charge in [-0.1, -0.05) is 89.5 Å². The van der Waals surface area contributed by atoms with Crippen molar-refractivity contribution in [3.8, 4) is 0 Å². The van der Waals surface area contributed by atoms with Gasteiger partial charge in [0.05, 0.1) is 11.1 Å². The Morgan fingerprint density at radius 1 is 0.578 bits per heavy atom. The topological polar surface area (TPSA) is 52.6 Å². The quantitative estimate of drug-likeness (QED) is 0.139. The van der Waals surface area contributed by atoms with E-state index in [1.807, 2.05) is 38.1 Å².